The number of hydrogen-bond donors (Lipinski definition) is 1. The third-order valence-electron chi connectivity index (χ3n) is 7.71. The SMILES string of the molecule is CCCCCCCC/C=C\CCCCC(Cc1ccccc1)CC(Cc1ccccc1)(C(=O)O)N(C)C. The molecule has 2 rings (SSSR count). The average molecular weight is 506 g/mol. The number of allylic oxidation sites excluding steroid dienone is 2. The third-order valence-corrected chi connectivity index (χ3v) is 7.71. The van der Waals surface area contributed by atoms with Crippen LogP contribution in [0.15, 0.2) is 72.8 Å². The van der Waals surface area contributed by atoms with E-state index in [1.54, 1.807) is 0 Å². The molecule has 0 bridgehead atoms. The van der Waals surface area contributed by atoms with Crippen molar-refractivity contribution in [3.05, 3.63) is 83.9 Å². The summed E-state index contributed by atoms with van der Waals surface area (Å²) in [4.78, 5) is 14.7. The van der Waals surface area contributed by atoms with E-state index in [1.165, 1.54) is 56.9 Å². The number of hydrogen-bond acceptors (Lipinski definition) is 2. The van der Waals surface area contributed by atoms with Gasteiger partial charge in [-0.2, -0.15) is 0 Å². The van der Waals surface area contributed by atoms with Gasteiger partial charge in [0.2, 0.25) is 0 Å². The molecule has 3 nitrogen and oxygen atoms in total. The van der Waals surface area contributed by atoms with Gasteiger partial charge in [0.25, 0.3) is 0 Å². The summed E-state index contributed by atoms with van der Waals surface area (Å²) in [6.45, 7) is 2.27. The van der Waals surface area contributed by atoms with Crippen LogP contribution in [-0.4, -0.2) is 35.6 Å². The Bertz CT molecular complexity index is 877. The fraction of sp³-hybridized carbons (Fsp3) is 0.559. The van der Waals surface area contributed by atoms with Gasteiger partial charge >= 0.3 is 5.97 Å². The first-order valence-electron chi connectivity index (χ1n) is 14.6. The van der Waals surface area contributed by atoms with E-state index in [0.29, 0.717) is 18.8 Å². The predicted octanol–water partition coefficient (Wildman–Crippen LogP) is 8.73. The lowest BCUT2D eigenvalue weighted by Crippen LogP contribution is -2.54. The smallest absolute Gasteiger partial charge is 0.324 e. The van der Waals surface area contributed by atoms with E-state index in [1.807, 2.05) is 55.4 Å². The Morgan fingerprint density at radius 1 is 0.811 bits per heavy atom. The first-order chi connectivity index (χ1) is 18.0. The van der Waals surface area contributed by atoms with Crippen LogP contribution in [0, 0.1) is 5.92 Å². The second-order valence-electron chi connectivity index (χ2n) is 11.0. The normalized spacial score (nSPS) is 14.2. The van der Waals surface area contributed by atoms with Crippen LogP contribution in [0.1, 0.15) is 95.1 Å². The summed E-state index contributed by atoms with van der Waals surface area (Å²) >= 11 is 0. The minimum atomic E-state index is -0.919. The summed E-state index contributed by atoms with van der Waals surface area (Å²) in [6.07, 6.45) is 20.6. The molecule has 0 heterocycles. The number of aliphatic carboxylic acids is 1. The molecule has 0 amide bonds. The quantitative estimate of drug-likeness (QED) is 0.144. The van der Waals surface area contributed by atoms with Gasteiger partial charge in [0.15, 0.2) is 0 Å². The molecule has 37 heavy (non-hydrogen) atoms. The summed E-state index contributed by atoms with van der Waals surface area (Å²) in [6, 6.07) is 20.6. The molecule has 204 valence electrons. The van der Waals surface area contributed by atoms with E-state index in [0.717, 1.165) is 31.2 Å². The summed E-state index contributed by atoms with van der Waals surface area (Å²) in [5.74, 6) is -0.409. The summed E-state index contributed by atoms with van der Waals surface area (Å²) < 4.78 is 0. The molecule has 0 aliphatic heterocycles. The Balaban J connectivity index is 1.95. The number of carboxylic acid groups (broad SMARTS) is 1. The Hall–Kier alpha value is -2.39. The van der Waals surface area contributed by atoms with Crippen molar-refractivity contribution >= 4 is 5.97 Å². The molecule has 0 aromatic heterocycles. The highest BCUT2D eigenvalue weighted by atomic mass is 16.4. The minimum Gasteiger partial charge on any atom is -0.480 e. The molecule has 2 aromatic rings. The van der Waals surface area contributed by atoms with Crippen molar-refractivity contribution in [2.45, 2.75) is 102 Å². The molecule has 0 aliphatic carbocycles. The number of benzene rings is 2. The summed E-state index contributed by atoms with van der Waals surface area (Å²) in [5.41, 5.74) is 1.45. The lowest BCUT2D eigenvalue weighted by Gasteiger charge is -2.39. The molecule has 1 N–H and O–H groups in total. The lowest BCUT2D eigenvalue weighted by molar-refractivity contribution is -0.151. The topological polar surface area (TPSA) is 40.5 Å². The van der Waals surface area contributed by atoms with E-state index in [4.69, 9.17) is 0 Å². The largest absolute Gasteiger partial charge is 0.480 e. The van der Waals surface area contributed by atoms with E-state index in [2.05, 4.69) is 43.3 Å². The predicted molar refractivity (Wildman–Crippen MR) is 158 cm³/mol. The Morgan fingerprint density at radius 3 is 1.92 bits per heavy atom. The van der Waals surface area contributed by atoms with Crippen molar-refractivity contribution in [1.82, 2.24) is 4.90 Å². The van der Waals surface area contributed by atoms with Crippen LogP contribution in [-0.2, 0) is 17.6 Å². The number of carbonyl (C=O) groups is 1. The van der Waals surface area contributed by atoms with Crippen LogP contribution in [0.4, 0.5) is 0 Å². The standard InChI is InChI=1S/C34H51NO2/c1-4-5-6-7-8-9-10-11-12-13-14-17-26-32(27-30-22-18-15-19-23-30)29-34(33(36)37,35(2)3)28-31-24-20-16-21-25-31/h11-12,15-16,18-25,32H,4-10,13-14,17,26-29H2,1-3H3,(H,36,37)/b12-11-. The highest BCUT2D eigenvalue weighted by Gasteiger charge is 2.42. The molecule has 0 aliphatic rings. The van der Waals surface area contributed by atoms with Crippen LogP contribution in [0.25, 0.3) is 0 Å². The van der Waals surface area contributed by atoms with Crippen LogP contribution in [0.5, 0.6) is 0 Å². The minimum absolute atomic E-state index is 0.316. The zero-order chi connectivity index (χ0) is 26.8. The average Bonchev–Trinajstić information content (AvgIpc) is 2.89. The summed E-state index contributed by atoms with van der Waals surface area (Å²) in [7, 11) is 3.84. The molecular formula is C34H51NO2. The lowest BCUT2D eigenvalue weighted by atomic mass is 9.77. The fourth-order valence-corrected chi connectivity index (χ4v) is 5.38. The van der Waals surface area contributed by atoms with Gasteiger partial charge in [-0.05, 0) is 69.7 Å². The zero-order valence-corrected chi connectivity index (χ0v) is 23.7. The van der Waals surface area contributed by atoms with Crippen molar-refractivity contribution in [1.29, 1.82) is 0 Å². The molecule has 0 spiro atoms. The number of unbranched alkanes of at least 4 members (excludes halogenated alkanes) is 8. The van der Waals surface area contributed by atoms with Gasteiger partial charge in [0, 0.05) is 6.42 Å². The Labute approximate surface area is 227 Å². The maximum atomic E-state index is 12.8. The maximum Gasteiger partial charge on any atom is 0.324 e. The van der Waals surface area contributed by atoms with Crippen molar-refractivity contribution in [3.63, 3.8) is 0 Å². The second kappa shape index (κ2) is 18.0. The first-order valence-corrected chi connectivity index (χ1v) is 14.6. The number of likely N-dealkylation sites (N-methyl/N-ethyl adjacent to an activating group) is 1. The van der Waals surface area contributed by atoms with Gasteiger partial charge in [0.05, 0.1) is 0 Å². The highest BCUT2D eigenvalue weighted by molar-refractivity contribution is 5.79. The van der Waals surface area contributed by atoms with Crippen molar-refractivity contribution in [3.8, 4) is 0 Å². The molecular weight excluding hydrogens is 454 g/mol. The van der Waals surface area contributed by atoms with Crippen molar-refractivity contribution < 1.29 is 9.90 Å². The van der Waals surface area contributed by atoms with Gasteiger partial charge in [-0.3, -0.25) is 9.69 Å². The second-order valence-corrected chi connectivity index (χ2v) is 11.0. The fourth-order valence-electron chi connectivity index (χ4n) is 5.38. The molecule has 0 saturated carbocycles. The molecule has 2 aromatic carbocycles. The van der Waals surface area contributed by atoms with Crippen LogP contribution in [0.3, 0.4) is 0 Å². The van der Waals surface area contributed by atoms with Crippen molar-refractivity contribution in [2.24, 2.45) is 5.92 Å². The molecule has 3 heteroatoms. The van der Waals surface area contributed by atoms with Gasteiger partial charge in [-0.25, -0.2) is 0 Å². The zero-order valence-electron chi connectivity index (χ0n) is 23.7. The van der Waals surface area contributed by atoms with Crippen LogP contribution < -0.4 is 0 Å². The van der Waals surface area contributed by atoms with E-state index < -0.39 is 11.5 Å². The van der Waals surface area contributed by atoms with Gasteiger partial charge in [-0.1, -0.05) is 125 Å². The van der Waals surface area contributed by atoms with Crippen LogP contribution in [0.2, 0.25) is 0 Å². The monoisotopic (exact) mass is 505 g/mol. The van der Waals surface area contributed by atoms with E-state index >= 15 is 0 Å². The molecule has 2 unspecified atom stereocenters. The van der Waals surface area contributed by atoms with Gasteiger partial charge < -0.3 is 5.11 Å². The number of rotatable bonds is 20. The number of nitrogens with zero attached hydrogens (tertiary/aromatic N) is 1. The van der Waals surface area contributed by atoms with Crippen molar-refractivity contribution in [2.75, 3.05) is 14.1 Å². The van der Waals surface area contributed by atoms with Gasteiger partial charge in [0.1, 0.15) is 5.54 Å². The summed E-state index contributed by atoms with van der Waals surface area (Å²) in [5, 5.41) is 10.5. The van der Waals surface area contributed by atoms with E-state index in [-0.39, 0.29) is 0 Å². The highest BCUT2D eigenvalue weighted by Crippen LogP contribution is 2.32. The number of carboxylic acids is 1. The Kier molecular flexibility index (Phi) is 15.0. The van der Waals surface area contributed by atoms with E-state index in [9.17, 15) is 9.90 Å². The molecule has 0 fully saturated rings. The van der Waals surface area contributed by atoms with Crippen LogP contribution >= 0.6 is 0 Å². The molecule has 2 atom stereocenters. The maximum absolute atomic E-state index is 12.8. The Morgan fingerprint density at radius 2 is 1.35 bits per heavy atom. The van der Waals surface area contributed by atoms with Gasteiger partial charge in [-0.15, -0.1) is 0 Å². The first kappa shape index (κ1) is 30.8. The molecule has 0 saturated heterocycles. The molecule has 0 radical (unpaired) electrons. The third kappa shape index (κ3) is 11.7.